The van der Waals surface area contributed by atoms with Crippen LogP contribution < -0.4 is 4.74 Å². The van der Waals surface area contributed by atoms with Crippen LogP contribution >= 0.6 is 0 Å². The number of ketones is 1. The minimum atomic E-state index is 0.175. The van der Waals surface area contributed by atoms with Crippen LogP contribution in [0.15, 0.2) is 54.1 Å². The van der Waals surface area contributed by atoms with E-state index in [1.54, 1.807) is 0 Å². The van der Waals surface area contributed by atoms with Gasteiger partial charge in [-0.25, -0.2) is 0 Å². The molecule has 2 nitrogen and oxygen atoms in total. The zero-order valence-electron chi connectivity index (χ0n) is 20.4. The molecule has 2 heteroatoms. The Labute approximate surface area is 195 Å². The van der Waals surface area contributed by atoms with Crippen molar-refractivity contribution in [3.63, 3.8) is 0 Å². The first-order chi connectivity index (χ1) is 15.5. The van der Waals surface area contributed by atoms with Gasteiger partial charge < -0.3 is 4.74 Å². The lowest BCUT2D eigenvalue weighted by Gasteiger charge is -2.30. The largest absolute Gasteiger partial charge is 0.494 e. The topological polar surface area (TPSA) is 26.3 Å². The molecule has 0 bridgehead atoms. The minimum Gasteiger partial charge on any atom is -0.494 e. The number of Topliss-reactive ketones (excluding diaryl/α,β-unsaturated/α-hetero) is 1. The molecular formula is C30H40O2. The normalized spacial score (nSPS) is 20.2. The molecule has 3 rings (SSSR count). The smallest absolute Gasteiger partial charge is 0.162 e. The van der Waals surface area contributed by atoms with Gasteiger partial charge in [0.25, 0.3) is 0 Å². The summed E-state index contributed by atoms with van der Waals surface area (Å²) in [6, 6.07) is 16.9. The third-order valence-corrected chi connectivity index (χ3v) is 6.80. The second-order valence-electron chi connectivity index (χ2n) is 9.70. The molecule has 0 aromatic heterocycles. The molecule has 2 aromatic rings. The number of carbonyl (C=O) groups is 1. The van der Waals surface area contributed by atoms with Gasteiger partial charge in [0.2, 0.25) is 0 Å². The Bertz CT molecular complexity index is 874. The molecular weight excluding hydrogens is 392 g/mol. The zero-order valence-corrected chi connectivity index (χ0v) is 20.4. The van der Waals surface area contributed by atoms with Crippen molar-refractivity contribution in [1.82, 2.24) is 0 Å². The van der Waals surface area contributed by atoms with E-state index < -0.39 is 0 Å². The van der Waals surface area contributed by atoms with Gasteiger partial charge in [-0.3, -0.25) is 4.79 Å². The number of allylic oxidation sites excluding steroid dienone is 1. The second kappa shape index (κ2) is 12.0. The monoisotopic (exact) mass is 432 g/mol. The molecule has 32 heavy (non-hydrogen) atoms. The molecule has 1 fully saturated rings. The number of ether oxygens (including phenoxy) is 1. The van der Waals surface area contributed by atoms with Crippen LogP contribution in [0.4, 0.5) is 0 Å². The van der Waals surface area contributed by atoms with Crippen LogP contribution in [0.2, 0.25) is 0 Å². The summed E-state index contributed by atoms with van der Waals surface area (Å²) in [5.74, 6) is 2.22. The summed E-state index contributed by atoms with van der Waals surface area (Å²) in [5, 5.41) is 0. The molecule has 172 valence electrons. The van der Waals surface area contributed by atoms with Crippen molar-refractivity contribution in [3.8, 4) is 16.9 Å². The average Bonchev–Trinajstić information content (AvgIpc) is 2.79. The van der Waals surface area contributed by atoms with E-state index in [1.165, 1.54) is 36.8 Å². The summed E-state index contributed by atoms with van der Waals surface area (Å²) < 4.78 is 5.89. The van der Waals surface area contributed by atoms with Crippen molar-refractivity contribution in [3.05, 3.63) is 59.7 Å². The van der Waals surface area contributed by atoms with Gasteiger partial charge in [0.1, 0.15) is 5.75 Å². The molecule has 1 aliphatic rings. The number of unbranched alkanes of at least 4 members (excludes halogenated alkanes) is 4. The Morgan fingerprint density at radius 3 is 2.16 bits per heavy atom. The quantitative estimate of drug-likeness (QED) is 0.278. The standard InChI is InChI=1S/C30H40O2/c1-5-6-7-8-9-20-32-27-17-15-26(16-18-27)25-13-11-24(12-14-25)21-29-23(4)10-19-28(22(2)3)30(29)31/h11-18,21-23,28H,5-10,19-20H2,1-4H3/b29-21+/t23-,28-/m1/s1. The SMILES string of the molecule is CCCCCCCOc1ccc(-c2ccc(/C=C3/C(=O)[C@@H](C(C)C)CC[C@H]3C)cc2)cc1. The highest BCUT2D eigenvalue weighted by Crippen LogP contribution is 2.35. The van der Waals surface area contributed by atoms with E-state index in [-0.39, 0.29) is 5.92 Å². The van der Waals surface area contributed by atoms with Gasteiger partial charge in [0, 0.05) is 5.92 Å². The van der Waals surface area contributed by atoms with Crippen LogP contribution in [0.1, 0.15) is 78.2 Å². The maximum atomic E-state index is 13.0. The Morgan fingerprint density at radius 2 is 1.53 bits per heavy atom. The summed E-state index contributed by atoms with van der Waals surface area (Å²) in [4.78, 5) is 13.0. The molecule has 1 aliphatic carbocycles. The number of carbonyl (C=O) groups excluding carboxylic acids is 1. The summed E-state index contributed by atoms with van der Waals surface area (Å²) >= 11 is 0. The number of hydrogen-bond donors (Lipinski definition) is 0. The van der Waals surface area contributed by atoms with E-state index in [0.717, 1.165) is 42.8 Å². The molecule has 0 heterocycles. The maximum Gasteiger partial charge on any atom is 0.162 e. The first-order valence-electron chi connectivity index (χ1n) is 12.6. The van der Waals surface area contributed by atoms with E-state index in [2.05, 4.69) is 82.3 Å². The third kappa shape index (κ3) is 6.58. The maximum absolute atomic E-state index is 13.0. The summed E-state index contributed by atoms with van der Waals surface area (Å²) in [6.07, 6.45) is 10.5. The van der Waals surface area contributed by atoms with Gasteiger partial charge in [0.05, 0.1) is 6.61 Å². The summed E-state index contributed by atoms with van der Waals surface area (Å²) in [6.45, 7) is 9.54. The fraction of sp³-hybridized carbons (Fsp3) is 0.500. The molecule has 0 spiro atoms. The second-order valence-corrected chi connectivity index (χ2v) is 9.70. The van der Waals surface area contributed by atoms with E-state index in [1.807, 2.05) is 0 Å². The summed E-state index contributed by atoms with van der Waals surface area (Å²) in [7, 11) is 0. The zero-order chi connectivity index (χ0) is 22.9. The van der Waals surface area contributed by atoms with Gasteiger partial charge in [-0.05, 0) is 71.6 Å². The summed E-state index contributed by atoms with van der Waals surface area (Å²) in [5.41, 5.74) is 4.47. The van der Waals surface area contributed by atoms with Gasteiger partial charge in [-0.1, -0.05) is 89.8 Å². The van der Waals surface area contributed by atoms with Crippen LogP contribution in [0, 0.1) is 17.8 Å². The lowest BCUT2D eigenvalue weighted by Crippen LogP contribution is -2.30. The predicted octanol–water partition coefficient (Wildman–Crippen LogP) is 8.36. The molecule has 0 N–H and O–H groups in total. The first-order valence-corrected chi connectivity index (χ1v) is 12.6. The van der Waals surface area contributed by atoms with Gasteiger partial charge in [-0.15, -0.1) is 0 Å². The molecule has 0 aliphatic heterocycles. The van der Waals surface area contributed by atoms with Crippen LogP contribution in [0.3, 0.4) is 0 Å². The van der Waals surface area contributed by atoms with E-state index in [4.69, 9.17) is 4.74 Å². The Kier molecular flexibility index (Phi) is 9.14. The highest BCUT2D eigenvalue weighted by Gasteiger charge is 2.32. The fourth-order valence-electron chi connectivity index (χ4n) is 4.61. The predicted molar refractivity (Wildman–Crippen MR) is 136 cm³/mol. The number of benzene rings is 2. The molecule has 0 radical (unpaired) electrons. The van der Waals surface area contributed by atoms with E-state index in [0.29, 0.717) is 17.6 Å². The number of rotatable bonds is 10. The van der Waals surface area contributed by atoms with Crippen molar-refractivity contribution >= 4 is 11.9 Å². The highest BCUT2D eigenvalue weighted by molar-refractivity contribution is 6.02. The molecule has 0 saturated heterocycles. The Balaban J connectivity index is 1.60. The molecule has 2 atom stereocenters. The minimum absolute atomic E-state index is 0.175. The first kappa shape index (κ1) is 24.3. The van der Waals surface area contributed by atoms with E-state index in [9.17, 15) is 4.79 Å². The Morgan fingerprint density at radius 1 is 0.906 bits per heavy atom. The fourth-order valence-corrected chi connectivity index (χ4v) is 4.61. The molecule has 2 aromatic carbocycles. The van der Waals surface area contributed by atoms with Gasteiger partial charge in [0.15, 0.2) is 5.78 Å². The van der Waals surface area contributed by atoms with E-state index >= 15 is 0 Å². The van der Waals surface area contributed by atoms with Crippen molar-refractivity contribution in [2.24, 2.45) is 17.8 Å². The molecule has 0 amide bonds. The van der Waals surface area contributed by atoms with Crippen LogP contribution in [-0.2, 0) is 4.79 Å². The van der Waals surface area contributed by atoms with Gasteiger partial charge in [-0.2, -0.15) is 0 Å². The molecule has 1 saturated carbocycles. The molecule has 0 unspecified atom stereocenters. The van der Waals surface area contributed by atoms with Crippen molar-refractivity contribution in [2.45, 2.75) is 72.6 Å². The third-order valence-electron chi connectivity index (χ3n) is 6.80. The van der Waals surface area contributed by atoms with Crippen LogP contribution in [0.5, 0.6) is 5.75 Å². The highest BCUT2D eigenvalue weighted by atomic mass is 16.5. The van der Waals surface area contributed by atoms with Crippen LogP contribution in [0.25, 0.3) is 17.2 Å². The van der Waals surface area contributed by atoms with Crippen molar-refractivity contribution < 1.29 is 9.53 Å². The Hall–Kier alpha value is -2.35. The van der Waals surface area contributed by atoms with Crippen LogP contribution in [-0.4, -0.2) is 12.4 Å². The van der Waals surface area contributed by atoms with Crippen molar-refractivity contribution in [2.75, 3.05) is 6.61 Å². The average molecular weight is 433 g/mol. The van der Waals surface area contributed by atoms with Crippen molar-refractivity contribution in [1.29, 1.82) is 0 Å². The lowest BCUT2D eigenvalue weighted by atomic mass is 9.73. The van der Waals surface area contributed by atoms with Gasteiger partial charge >= 0.3 is 0 Å². The lowest BCUT2D eigenvalue weighted by molar-refractivity contribution is -0.122. The number of hydrogen-bond acceptors (Lipinski definition) is 2.